The van der Waals surface area contributed by atoms with Crippen molar-refractivity contribution in [2.24, 2.45) is 0 Å². The molecule has 22 heavy (non-hydrogen) atoms. The second-order valence-corrected chi connectivity index (χ2v) is 6.14. The zero-order valence-corrected chi connectivity index (χ0v) is 14.0. The monoisotopic (exact) mass is 359 g/mol. The molecule has 1 aromatic heterocycles. The van der Waals surface area contributed by atoms with Gasteiger partial charge in [-0.25, -0.2) is 0 Å². The Hall–Kier alpha value is -1.08. The Labute approximate surface area is 143 Å². The molecule has 1 aliphatic heterocycles. The molecule has 8 heteroatoms. The summed E-state index contributed by atoms with van der Waals surface area (Å²) < 4.78 is 5.58. The quantitative estimate of drug-likeness (QED) is 0.650. The third kappa shape index (κ3) is 4.23. The second-order valence-electron chi connectivity index (χ2n) is 4.77. The van der Waals surface area contributed by atoms with Gasteiger partial charge in [0.15, 0.2) is 5.78 Å². The number of hydrogen-bond acceptors (Lipinski definition) is 6. The highest BCUT2D eigenvalue weighted by atomic mass is 35.5. The number of carbonyl (C=O) groups excluding carboxylic acids is 1. The summed E-state index contributed by atoms with van der Waals surface area (Å²) in [7, 11) is 0. The van der Waals surface area contributed by atoms with Crippen LogP contribution in [0.4, 0.5) is 0 Å². The average molecular weight is 360 g/mol. The number of halogens is 2. The smallest absolute Gasteiger partial charge is 0.277 e. The third-order valence-corrected chi connectivity index (χ3v) is 4.34. The molecule has 1 aromatic carbocycles. The first-order valence-electron chi connectivity index (χ1n) is 6.71. The maximum absolute atomic E-state index is 12.0. The van der Waals surface area contributed by atoms with Crippen molar-refractivity contribution in [1.82, 2.24) is 15.5 Å². The Morgan fingerprint density at radius 2 is 2.14 bits per heavy atom. The van der Waals surface area contributed by atoms with Crippen molar-refractivity contribution in [3.05, 3.63) is 40.7 Å². The lowest BCUT2D eigenvalue weighted by atomic mass is 10.1. The minimum absolute atomic E-state index is 0. The highest BCUT2D eigenvalue weighted by Crippen LogP contribution is 2.25. The molecule has 0 bridgehead atoms. The number of rotatable bonds is 5. The Bertz CT molecular complexity index is 627. The van der Waals surface area contributed by atoms with Crippen LogP contribution in [0.15, 0.2) is 33.9 Å². The summed E-state index contributed by atoms with van der Waals surface area (Å²) >= 11 is 7.06. The number of carbonyl (C=O) groups is 1. The summed E-state index contributed by atoms with van der Waals surface area (Å²) in [6.07, 6.45) is 2.13. The summed E-state index contributed by atoms with van der Waals surface area (Å²) in [5, 5.41) is 12.3. The van der Waals surface area contributed by atoms with Crippen molar-refractivity contribution in [1.29, 1.82) is 0 Å². The van der Waals surface area contributed by atoms with Crippen molar-refractivity contribution in [2.45, 2.75) is 24.1 Å². The number of hydrogen-bond donors (Lipinski definition) is 1. The van der Waals surface area contributed by atoms with Crippen LogP contribution in [-0.4, -0.2) is 28.3 Å². The second kappa shape index (κ2) is 7.97. The number of nitrogens with zero attached hydrogens (tertiary/aromatic N) is 2. The van der Waals surface area contributed by atoms with Crippen LogP contribution in [-0.2, 0) is 0 Å². The number of Topliss-reactive ketones (excluding diaryl/α,β-unsaturated/α-hetero) is 1. The lowest BCUT2D eigenvalue weighted by Gasteiger charge is -2.02. The van der Waals surface area contributed by atoms with E-state index in [-0.39, 0.29) is 30.0 Å². The summed E-state index contributed by atoms with van der Waals surface area (Å²) in [5.74, 6) is 0.880. The van der Waals surface area contributed by atoms with E-state index in [9.17, 15) is 4.79 Å². The molecule has 3 rings (SSSR count). The summed E-state index contributed by atoms with van der Waals surface area (Å²) in [6, 6.07) is 6.99. The van der Waals surface area contributed by atoms with E-state index in [0.717, 1.165) is 19.4 Å². The van der Waals surface area contributed by atoms with Crippen LogP contribution in [0, 0.1) is 0 Å². The van der Waals surface area contributed by atoms with Crippen molar-refractivity contribution in [3.63, 3.8) is 0 Å². The first-order chi connectivity index (χ1) is 10.2. The molecule has 1 fully saturated rings. The molecule has 2 heterocycles. The number of aromatic nitrogens is 2. The number of thioether (sulfide) groups is 1. The summed E-state index contributed by atoms with van der Waals surface area (Å²) in [4.78, 5) is 12.0. The van der Waals surface area contributed by atoms with Gasteiger partial charge in [-0.2, -0.15) is 0 Å². The Kier molecular flexibility index (Phi) is 6.26. The van der Waals surface area contributed by atoms with Crippen LogP contribution < -0.4 is 5.32 Å². The molecule has 118 valence electrons. The van der Waals surface area contributed by atoms with Gasteiger partial charge in [0.1, 0.15) is 0 Å². The fourth-order valence-corrected chi connectivity index (χ4v) is 2.95. The van der Waals surface area contributed by atoms with E-state index < -0.39 is 0 Å². The minimum Gasteiger partial charge on any atom is -0.414 e. The Balaban J connectivity index is 0.00000176. The molecule has 0 aliphatic carbocycles. The minimum atomic E-state index is 0. The van der Waals surface area contributed by atoms with Crippen LogP contribution in [0.1, 0.15) is 35.1 Å². The SMILES string of the molecule is Cl.O=C(CSc1nnc(C2CCCN2)o1)c1ccc(Cl)cc1. The van der Waals surface area contributed by atoms with Gasteiger partial charge < -0.3 is 9.73 Å². The average Bonchev–Trinajstić information content (AvgIpc) is 3.16. The van der Waals surface area contributed by atoms with Gasteiger partial charge in [0.25, 0.3) is 5.22 Å². The van der Waals surface area contributed by atoms with Crippen LogP contribution >= 0.6 is 35.8 Å². The van der Waals surface area contributed by atoms with Crippen LogP contribution in [0.5, 0.6) is 0 Å². The molecule has 1 saturated heterocycles. The predicted octanol–water partition coefficient (Wildman–Crippen LogP) is 3.54. The normalized spacial score (nSPS) is 17.2. The highest BCUT2D eigenvalue weighted by molar-refractivity contribution is 7.99. The number of ketones is 1. The van der Waals surface area contributed by atoms with E-state index in [4.69, 9.17) is 16.0 Å². The predicted molar refractivity (Wildman–Crippen MR) is 88.0 cm³/mol. The fraction of sp³-hybridized carbons (Fsp3) is 0.357. The third-order valence-electron chi connectivity index (χ3n) is 3.27. The summed E-state index contributed by atoms with van der Waals surface area (Å²) in [5.41, 5.74) is 0.629. The largest absolute Gasteiger partial charge is 0.414 e. The number of benzene rings is 1. The highest BCUT2D eigenvalue weighted by Gasteiger charge is 2.22. The molecule has 1 atom stereocenters. The molecule has 1 aliphatic rings. The Morgan fingerprint density at radius 1 is 1.36 bits per heavy atom. The maximum atomic E-state index is 12.0. The molecular weight excluding hydrogens is 345 g/mol. The van der Waals surface area contributed by atoms with Crippen molar-refractivity contribution < 1.29 is 9.21 Å². The van der Waals surface area contributed by atoms with Gasteiger partial charge in [0, 0.05) is 10.6 Å². The maximum Gasteiger partial charge on any atom is 0.277 e. The number of nitrogens with one attached hydrogen (secondary N) is 1. The molecule has 0 radical (unpaired) electrons. The van der Waals surface area contributed by atoms with E-state index in [1.807, 2.05) is 0 Å². The Morgan fingerprint density at radius 3 is 2.82 bits per heavy atom. The zero-order valence-electron chi connectivity index (χ0n) is 11.6. The van der Waals surface area contributed by atoms with E-state index in [0.29, 0.717) is 21.7 Å². The van der Waals surface area contributed by atoms with Crippen LogP contribution in [0.2, 0.25) is 5.02 Å². The molecule has 1 N–H and O–H groups in total. The first-order valence-corrected chi connectivity index (χ1v) is 8.07. The van der Waals surface area contributed by atoms with Gasteiger partial charge in [-0.3, -0.25) is 4.79 Å². The fourth-order valence-electron chi connectivity index (χ4n) is 2.16. The van der Waals surface area contributed by atoms with Crippen LogP contribution in [0.25, 0.3) is 0 Å². The van der Waals surface area contributed by atoms with Crippen molar-refractivity contribution >= 4 is 41.6 Å². The molecule has 0 saturated carbocycles. The van der Waals surface area contributed by atoms with Crippen molar-refractivity contribution in [2.75, 3.05) is 12.3 Å². The molecule has 0 spiro atoms. The van der Waals surface area contributed by atoms with Crippen LogP contribution in [0.3, 0.4) is 0 Å². The molecule has 2 aromatic rings. The van der Waals surface area contributed by atoms with E-state index in [1.54, 1.807) is 24.3 Å². The van der Waals surface area contributed by atoms with E-state index in [2.05, 4.69) is 15.5 Å². The molecule has 1 unspecified atom stereocenters. The molecular formula is C14H15Cl2N3O2S. The lowest BCUT2D eigenvalue weighted by Crippen LogP contribution is -2.12. The first kappa shape index (κ1) is 17.3. The zero-order chi connectivity index (χ0) is 14.7. The van der Waals surface area contributed by atoms with Gasteiger partial charge in [0.2, 0.25) is 5.89 Å². The van der Waals surface area contributed by atoms with Gasteiger partial charge >= 0.3 is 0 Å². The van der Waals surface area contributed by atoms with E-state index in [1.165, 1.54) is 11.8 Å². The van der Waals surface area contributed by atoms with Gasteiger partial charge in [0.05, 0.1) is 11.8 Å². The van der Waals surface area contributed by atoms with Gasteiger partial charge in [-0.15, -0.1) is 22.6 Å². The standard InChI is InChI=1S/C14H14ClN3O2S.ClH/c15-10-5-3-9(4-6-10)12(19)8-21-14-18-17-13(20-14)11-2-1-7-16-11;/h3-6,11,16H,1-2,7-8H2;1H. The summed E-state index contributed by atoms with van der Waals surface area (Å²) in [6.45, 7) is 0.977. The molecule has 0 amide bonds. The van der Waals surface area contributed by atoms with Gasteiger partial charge in [-0.05, 0) is 43.7 Å². The van der Waals surface area contributed by atoms with Crippen molar-refractivity contribution in [3.8, 4) is 0 Å². The van der Waals surface area contributed by atoms with E-state index >= 15 is 0 Å². The lowest BCUT2D eigenvalue weighted by molar-refractivity contribution is 0.102. The topological polar surface area (TPSA) is 68.0 Å². The van der Waals surface area contributed by atoms with Gasteiger partial charge in [-0.1, -0.05) is 23.4 Å². The molecule has 5 nitrogen and oxygen atoms in total.